The number of benzene rings is 1. The van der Waals surface area contributed by atoms with Gasteiger partial charge >= 0.3 is 0 Å². The Balaban J connectivity index is 2.16. The van der Waals surface area contributed by atoms with Crippen LogP contribution in [-0.4, -0.2) is 5.91 Å². The smallest absolute Gasteiger partial charge is 0.217 e. The summed E-state index contributed by atoms with van der Waals surface area (Å²) in [6.45, 7) is 1.60. The van der Waals surface area contributed by atoms with Crippen molar-refractivity contribution in [2.75, 3.05) is 0 Å². The molecule has 1 amide bonds. The lowest BCUT2D eigenvalue weighted by molar-refractivity contribution is -0.120. The first-order valence-corrected chi connectivity index (χ1v) is 6.09. The molecule has 1 fully saturated rings. The van der Waals surface area contributed by atoms with Crippen molar-refractivity contribution < 1.29 is 4.79 Å². The summed E-state index contributed by atoms with van der Waals surface area (Å²) in [5.41, 5.74) is 1.24. The molecular weight excluding hydrogens is 198 g/mol. The highest BCUT2D eigenvalue weighted by Crippen LogP contribution is 2.35. The van der Waals surface area contributed by atoms with Crippen LogP contribution >= 0.6 is 0 Å². The van der Waals surface area contributed by atoms with Crippen molar-refractivity contribution >= 4 is 5.91 Å². The molecule has 1 saturated carbocycles. The van der Waals surface area contributed by atoms with Crippen molar-refractivity contribution in [1.82, 2.24) is 5.32 Å². The average Bonchev–Trinajstić information content (AvgIpc) is 2.80. The normalized spacial score (nSPS) is 18.3. The first kappa shape index (κ1) is 11.2. The molecular formula is C14H19NO. The van der Waals surface area contributed by atoms with Gasteiger partial charge < -0.3 is 5.32 Å². The minimum Gasteiger partial charge on any atom is -0.349 e. The summed E-state index contributed by atoms with van der Waals surface area (Å²) >= 11 is 0. The summed E-state index contributed by atoms with van der Waals surface area (Å²) in [4.78, 5) is 11.3. The standard InChI is InChI=1S/C14H19NO/c1-11(16)15-14(13-9-5-6-10-13)12-7-3-2-4-8-12/h2-4,7-8,13-14H,5-6,9-10H2,1H3,(H,15,16)/t14-/m1/s1. The number of rotatable bonds is 3. The zero-order valence-electron chi connectivity index (χ0n) is 9.78. The van der Waals surface area contributed by atoms with Crippen LogP contribution in [0.25, 0.3) is 0 Å². The highest BCUT2D eigenvalue weighted by Gasteiger charge is 2.26. The maximum Gasteiger partial charge on any atom is 0.217 e. The van der Waals surface area contributed by atoms with Gasteiger partial charge in [0, 0.05) is 6.92 Å². The Kier molecular flexibility index (Phi) is 3.60. The molecule has 86 valence electrons. The van der Waals surface area contributed by atoms with E-state index in [1.54, 1.807) is 6.92 Å². The fraction of sp³-hybridized carbons (Fsp3) is 0.500. The molecule has 16 heavy (non-hydrogen) atoms. The van der Waals surface area contributed by atoms with E-state index < -0.39 is 0 Å². The van der Waals surface area contributed by atoms with Crippen LogP contribution < -0.4 is 5.32 Å². The van der Waals surface area contributed by atoms with E-state index in [-0.39, 0.29) is 11.9 Å². The highest BCUT2D eigenvalue weighted by atomic mass is 16.1. The van der Waals surface area contributed by atoms with E-state index in [4.69, 9.17) is 0 Å². The fourth-order valence-electron chi connectivity index (χ4n) is 2.64. The Morgan fingerprint density at radius 1 is 1.25 bits per heavy atom. The number of hydrogen-bond acceptors (Lipinski definition) is 1. The SMILES string of the molecule is CC(=O)N[C@H](c1ccccc1)C1CCCC1. The molecule has 2 rings (SSSR count). The molecule has 0 heterocycles. The molecule has 0 bridgehead atoms. The molecule has 0 spiro atoms. The van der Waals surface area contributed by atoms with Crippen LogP contribution in [0.2, 0.25) is 0 Å². The predicted molar refractivity (Wildman–Crippen MR) is 65.0 cm³/mol. The van der Waals surface area contributed by atoms with Crippen LogP contribution in [0.4, 0.5) is 0 Å². The van der Waals surface area contributed by atoms with Gasteiger partial charge in [0.1, 0.15) is 0 Å². The van der Waals surface area contributed by atoms with Crippen molar-refractivity contribution in [1.29, 1.82) is 0 Å². The summed E-state index contributed by atoms with van der Waals surface area (Å²) in [6.07, 6.45) is 5.07. The number of hydrogen-bond donors (Lipinski definition) is 1. The van der Waals surface area contributed by atoms with Crippen molar-refractivity contribution in [2.24, 2.45) is 5.92 Å². The van der Waals surface area contributed by atoms with Gasteiger partial charge in [-0.15, -0.1) is 0 Å². The third-order valence-corrected chi connectivity index (χ3v) is 3.39. The molecule has 1 aromatic carbocycles. The minimum atomic E-state index is 0.0701. The number of carbonyl (C=O) groups is 1. The zero-order valence-corrected chi connectivity index (χ0v) is 9.78. The summed E-state index contributed by atoms with van der Waals surface area (Å²) in [6, 6.07) is 10.5. The summed E-state index contributed by atoms with van der Waals surface area (Å²) < 4.78 is 0. The topological polar surface area (TPSA) is 29.1 Å². The second-order valence-corrected chi connectivity index (χ2v) is 4.63. The highest BCUT2D eigenvalue weighted by molar-refractivity contribution is 5.73. The van der Waals surface area contributed by atoms with E-state index in [9.17, 15) is 4.79 Å². The first-order valence-electron chi connectivity index (χ1n) is 6.09. The quantitative estimate of drug-likeness (QED) is 0.828. The molecule has 1 N–H and O–H groups in total. The van der Waals surface area contributed by atoms with Crippen LogP contribution in [0.1, 0.15) is 44.2 Å². The number of nitrogens with one attached hydrogen (secondary N) is 1. The van der Waals surface area contributed by atoms with E-state index in [0.29, 0.717) is 5.92 Å². The number of amides is 1. The Hall–Kier alpha value is -1.31. The molecule has 0 aromatic heterocycles. The second kappa shape index (κ2) is 5.15. The van der Waals surface area contributed by atoms with Crippen molar-refractivity contribution in [3.63, 3.8) is 0 Å². The van der Waals surface area contributed by atoms with Gasteiger partial charge in [0.15, 0.2) is 0 Å². The van der Waals surface area contributed by atoms with Crippen molar-refractivity contribution in [2.45, 2.75) is 38.6 Å². The molecule has 1 aliphatic carbocycles. The monoisotopic (exact) mass is 217 g/mol. The molecule has 2 nitrogen and oxygen atoms in total. The number of carbonyl (C=O) groups excluding carboxylic acids is 1. The van der Waals surface area contributed by atoms with Crippen molar-refractivity contribution in [3.8, 4) is 0 Å². The Morgan fingerprint density at radius 2 is 1.88 bits per heavy atom. The molecule has 0 aliphatic heterocycles. The van der Waals surface area contributed by atoms with Gasteiger partial charge in [-0.05, 0) is 24.3 Å². The van der Waals surface area contributed by atoms with Crippen LogP contribution in [0.3, 0.4) is 0 Å². The molecule has 1 atom stereocenters. The van der Waals surface area contributed by atoms with Gasteiger partial charge in [-0.1, -0.05) is 43.2 Å². The lowest BCUT2D eigenvalue weighted by Gasteiger charge is -2.24. The maximum absolute atomic E-state index is 11.3. The van der Waals surface area contributed by atoms with E-state index in [1.165, 1.54) is 31.2 Å². The first-order chi connectivity index (χ1) is 7.77. The summed E-state index contributed by atoms with van der Waals surface area (Å²) in [5.74, 6) is 0.687. The summed E-state index contributed by atoms with van der Waals surface area (Å²) in [7, 11) is 0. The minimum absolute atomic E-state index is 0.0701. The van der Waals surface area contributed by atoms with Gasteiger partial charge in [-0.2, -0.15) is 0 Å². The molecule has 1 aromatic rings. The Bertz CT molecular complexity index is 341. The summed E-state index contributed by atoms with van der Waals surface area (Å²) in [5, 5.41) is 3.10. The lowest BCUT2D eigenvalue weighted by atomic mass is 9.91. The van der Waals surface area contributed by atoms with E-state index in [1.807, 2.05) is 18.2 Å². The van der Waals surface area contributed by atoms with E-state index in [0.717, 1.165) is 0 Å². The largest absolute Gasteiger partial charge is 0.349 e. The third-order valence-electron chi connectivity index (χ3n) is 3.39. The lowest BCUT2D eigenvalue weighted by Crippen LogP contribution is -2.30. The second-order valence-electron chi connectivity index (χ2n) is 4.63. The molecule has 2 heteroatoms. The van der Waals surface area contributed by atoms with Crippen LogP contribution in [0.15, 0.2) is 30.3 Å². The Morgan fingerprint density at radius 3 is 2.44 bits per heavy atom. The molecule has 0 unspecified atom stereocenters. The van der Waals surface area contributed by atoms with Gasteiger partial charge in [-0.3, -0.25) is 4.79 Å². The van der Waals surface area contributed by atoms with Crippen LogP contribution in [-0.2, 0) is 4.79 Å². The Labute approximate surface area is 97.1 Å². The fourth-order valence-corrected chi connectivity index (χ4v) is 2.64. The molecule has 0 saturated heterocycles. The maximum atomic E-state index is 11.3. The van der Waals surface area contributed by atoms with Gasteiger partial charge in [0.05, 0.1) is 6.04 Å². The molecule has 1 aliphatic rings. The zero-order chi connectivity index (χ0) is 11.4. The molecule has 0 radical (unpaired) electrons. The van der Waals surface area contributed by atoms with Gasteiger partial charge in [0.25, 0.3) is 0 Å². The van der Waals surface area contributed by atoms with Crippen molar-refractivity contribution in [3.05, 3.63) is 35.9 Å². The van der Waals surface area contributed by atoms with E-state index >= 15 is 0 Å². The third kappa shape index (κ3) is 2.63. The van der Waals surface area contributed by atoms with Crippen LogP contribution in [0, 0.1) is 5.92 Å². The van der Waals surface area contributed by atoms with Gasteiger partial charge in [-0.25, -0.2) is 0 Å². The average molecular weight is 217 g/mol. The predicted octanol–water partition coefficient (Wildman–Crippen LogP) is 3.05. The van der Waals surface area contributed by atoms with E-state index in [2.05, 4.69) is 17.4 Å². The van der Waals surface area contributed by atoms with Gasteiger partial charge in [0.2, 0.25) is 5.91 Å². The van der Waals surface area contributed by atoms with Crippen LogP contribution in [0.5, 0.6) is 0 Å².